The second-order valence-electron chi connectivity index (χ2n) is 5.00. The van der Waals surface area contributed by atoms with Crippen LogP contribution in [-0.4, -0.2) is 23.1 Å². The maximum atomic E-state index is 12.1. The van der Waals surface area contributed by atoms with E-state index in [1.54, 1.807) is 43.3 Å². The van der Waals surface area contributed by atoms with E-state index < -0.39 is 5.91 Å². The van der Waals surface area contributed by atoms with Gasteiger partial charge in [0.2, 0.25) is 5.91 Å². The van der Waals surface area contributed by atoms with Crippen LogP contribution in [0, 0.1) is 0 Å². The molecular formula is C17H15Br2N3O3. The molecule has 0 radical (unpaired) electrons. The van der Waals surface area contributed by atoms with Crippen LogP contribution in [0.4, 0.5) is 5.69 Å². The Balaban J connectivity index is 2.02. The molecule has 0 atom stereocenters. The summed E-state index contributed by atoms with van der Waals surface area (Å²) in [5.41, 5.74) is 3.85. The predicted octanol–water partition coefficient (Wildman–Crippen LogP) is 4.03. The van der Waals surface area contributed by atoms with Gasteiger partial charge in [0, 0.05) is 27.7 Å². The summed E-state index contributed by atoms with van der Waals surface area (Å²) >= 11 is 6.54. The largest absolute Gasteiger partial charge is 0.506 e. The molecule has 130 valence electrons. The number of anilines is 1. The maximum Gasteiger partial charge on any atom is 0.271 e. The first-order valence-corrected chi connectivity index (χ1v) is 8.90. The second-order valence-corrected chi connectivity index (χ2v) is 6.77. The highest BCUT2D eigenvalue weighted by Crippen LogP contribution is 2.30. The Morgan fingerprint density at radius 2 is 1.88 bits per heavy atom. The zero-order chi connectivity index (χ0) is 18.4. The summed E-state index contributed by atoms with van der Waals surface area (Å²) in [4.78, 5) is 23.4. The average molecular weight is 469 g/mol. The zero-order valence-corrected chi connectivity index (χ0v) is 16.4. The number of hydrogen-bond acceptors (Lipinski definition) is 4. The number of aromatic hydroxyl groups is 1. The number of benzene rings is 2. The SMILES string of the molecule is CCC(=O)Nc1ccc(C(=O)N/N=C\c2cc(Br)cc(Br)c2O)cc1. The van der Waals surface area contributed by atoms with Crippen molar-refractivity contribution < 1.29 is 14.7 Å². The van der Waals surface area contributed by atoms with Crippen molar-refractivity contribution in [3.8, 4) is 5.75 Å². The number of halogens is 2. The zero-order valence-electron chi connectivity index (χ0n) is 13.2. The fraction of sp³-hybridized carbons (Fsp3) is 0.118. The first kappa shape index (κ1) is 19.1. The van der Waals surface area contributed by atoms with Crippen molar-refractivity contribution in [2.75, 3.05) is 5.32 Å². The van der Waals surface area contributed by atoms with Gasteiger partial charge in [-0.3, -0.25) is 9.59 Å². The first-order chi connectivity index (χ1) is 11.9. The van der Waals surface area contributed by atoms with Crippen molar-refractivity contribution in [1.29, 1.82) is 0 Å². The summed E-state index contributed by atoms with van der Waals surface area (Å²) in [6, 6.07) is 9.82. The Labute approximate surface area is 161 Å². The smallest absolute Gasteiger partial charge is 0.271 e. The minimum absolute atomic E-state index is 0.0252. The van der Waals surface area contributed by atoms with Gasteiger partial charge in [0.05, 0.1) is 10.7 Å². The molecule has 0 unspecified atom stereocenters. The average Bonchev–Trinajstić information content (AvgIpc) is 2.59. The molecule has 6 nitrogen and oxygen atoms in total. The quantitative estimate of drug-likeness (QED) is 0.457. The highest BCUT2D eigenvalue weighted by atomic mass is 79.9. The minimum atomic E-state index is -0.404. The molecule has 0 bridgehead atoms. The summed E-state index contributed by atoms with van der Waals surface area (Å²) in [5.74, 6) is -0.475. The van der Waals surface area contributed by atoms with Crippen molar-refractivity contribution in [3.05, 3.63) is 56.5 Å². The van der Waals surface area contributed by atoms with Gasteiger partial charge in [0.15, 0.2) is 0 Å². The lowest BCUT2D eigenvalue weighted by molar-refractivity contribution is -0.115. The number of phenolic OH excluding ortho intramolecular Hbond substituents is 1. The first-order valence-electron chi connectivity index (χ1n) is 7.32. The van der Waals surface area contributed by atoms with Crippen LogP contribution >= 0.6 is 31.9 Å². The van der Waals surface area contributed by atoms with E-state index in [2.05, 4.69) is 47.7 Å². The van der Waals surface area contributed by atoms with Crippen LogP contribution in [0.1, 0.15) is 29.3 Å². The Morgan fingerprint density at radius 3 is 2.52 bits per heavy atom. The van der Waals surface area contributed by atoms with E-state index in [-0.39, 0.29) is 11.7 Å². The number of nitrogens with one attached hydrogen (secondary N) is 2. The molecule has 0 saturated heterocycles. The molecule has 2 aromatic carbocycles. The lowest BCUT2D eigenvalue weighted by Gasteiger charge is -2.05. The normalized spacial score (nSPS) is 10.7. The van der Waals surface area contributed by atoms with Crippen molar-refractivity contribution in [1.82, 2.24) is 5.43 Å². The number of carbonyl (C=O) groups excluding carboxylic acids is 2. The van der Waals surface area contributed by atoms with Crippen LogP contribution in [-0.2, 0) is 4.79 Å². The highest BCUT2D eigenvalue weighted by molar-refractivity contribution is 9.11. The molecule has 0 heterocycles. The second kappa shape index (κ2) is 8.77. The molecule has 0 spiro atoms. The van der Waals surface area contributed by atoms with Gasteiger partial charge in [-0.1, -0.05) is 22.9 Å². The Kier molecular flexibility index (Phi) is 6.72. The lowest BCUT2D eigenvalue weighted by Crippen LogP contribution is -2.17. The molecule has 2 rings (SSSR count). The fourth-order valence-electron chi connectivity index (χ4n) is 1.86. The van der Waals surface area contributed by atoms with E-state index in [0.717, 1.165) is 4.47 Å². The van der Waals surface area contributed by atoms with E-state index in [1.165, 1.54) is 6.21 Å². The number of rotatable bonds is 5. The molecule has 0 aliphatic rings. The lowest BCUT2D eigenvalue weighted by atomic mass is 10.2. The van der Waals surface area contributed by atoms with Gasteiger partial charge in [0.25, 0.3) is 5.91 Å². The van der Waals surface area contributed by atoms with E-state index in [0.29, 0.717) is 27.7 Å². The van der Waals surface area contributed by atoms with E-state index in [1.807, 2.05) is 0 Å². The van der Waals surface area contributed by atoms with E-state index in [9.17, 15) is 14.7 Å². The summed E-state index contributed by atoms with van der Waals surface area (Å²) in [5, 5.41) is 16.5. The van der Waals surface area contributed by atoms with Gasteiger partial charge in [-0.25, -0.2) is 5.43 Å². The molecule has 0 aliphatic carbocycles. The number of carbonyl (C=O) groups is 2. The van der Waals surface area contributed by atoms with E-state index >= 15 is 0 Å². The van der Waals surface area contributed by atoms with Crippen molar-refractivity contribution >= 4 is 55.6 Å². The predicted molar refractivity (Wildman–Crippen MR) is 104 cm³/mol. The molecule has 0 aromatic heterocycles. The topological polar surface area (TPSA) is 90.8 Å². The van der Waals surface area contributed by atoms with Crippen molar-refractivity contribution in [2.45, 2.75) is 13.3 Å². The third kappa shape index (κ3) is 5.40. The molecule has 0 aliphatic heterocycles. The van der Waals surface area contributed by atoms with Gasteiger partial charge < -0.3 is 10.4 Å². The third-order valence-corrected chi connectivity index (χ3v) is 4.24. The monoisotopic (exact) mass is 467 g/mol. The van der Waals surface area contributed by atoms with Gasteiger partial charge in [-0.05, 0) is 52.3 Å². The Hall–Kier alpha value is -2.19. The van der Waals surface area contributed by atoms with Crippen LogP contribution in [0.25, 0.3) is 0 Å². The maximum absolute atomic E-state index is 12.1. The molecule has 8 heteroatoms. The number of nitrogens with zero attached hydrogens (tertiary/aromatic N) is 1. The Bertz CT molecular complexity index is 821. The standard InChI is InChI=1S/C17H15Br2N3O3/c1-2-15(23)21-13-5-3-10(4-6-13)17(25)22-20-9-11-7-12(18)8-14(19)16(11)24/h3-9,24H,2H2,1H3,(H,21,23)(H,22,25)/b20-9-. The number of hydrogen-bond donors (Lipinski definition) is 3. The molecule has 3 N–H and O–H groups in total. The summed E-state index contributed by atoms with van der Waals surface area (Å²) < 4.78 is 1.27. The van der Waals surface area contributed by atoms with Crippen molar-refractivity contribution in [2.24, 2.45) is 5.10 Å². The molecule has 0 fully saturated rings. The highest BCUT2D eigenvalue weighted by Gasteiger charge is 2.07. The summed E-state index contributed by atoms with van der Waals surface area (Å²) in [7, 11) is 0. The molecular weight excluding hydrogens is 454 g/mol. The minimum Gasteiger partial charge on any atom is -0.506 e. The number of hydrazone groups is 1. The third-order valence-electron chi connectivity index (χ3n) is 3.18. The number of amides is 2. The van der Waals surface area contributed by atoms with Gasteiger partial charge >= 0.3 is 0 Å². The number of phenols is 1. The fourth-order valence-corrected chi connectivity index (χ4v) is 3.12. The molecule has 0 saturated carbocycles. The van der Waals surface area contributed by atoms with Crippen LogP contribution in [0.2, 0.25) is 0 Å². The molecule has 2 amide bonds. The summed E-state index contributed by atoms with van der Waals surface area (Å²) in [6.07, 6.45) is 1.73. The van der Waals surface area contributed by atoms with Crippen LogP contribution in [0.3, 0.4) is 0 Å². The van der Waals surface area contributed by atoms with Gasteiger partial charge in [-0.2, -0.15) is 5.10 Å². The van der Waals surface area contributed by atoms with E-state index in [4.69, 9.17) is 0 Å². The van der Waals surface area contributed by atoms with Crippen LogP contribution < -0.4 is 10.7 Å². The van der Waals surface area contributed by atoms with Crippen LogP contribution in [0.5, 0.6) is 5.75 Å². The molecule has 25 heavy (non-hydrogen) atoms. The van der Waals surface area contributed by atoms with Gasteiger partial charge in [-0.15, -0.1) is 0 Å². The van der Waals surface area contributed by atoms with Gasteiger partial charge in [0.1, 0.15) is 5.75 Å². The van der Waals surface area contributed by atoms with Crippen molar-refractivity contribution in [3.63, 3.8) is 0 Å². The Morgan fingerprint density at radius 1 is 1.20 bits per heavy atom. The summed E-state index contributed by atoms with van der Waals surface area (Å²) in [6.45, 7) is 1.76. The van der Waals surface area contributed by atoms with Crippen LogP contribution in [0.15, 0.2) is 50.4 Å². The molecule has 2 aromatic rings.